The van der Waals surface area contributed by atoms with Crippen molar-refractivity contribution in [1.82, 2.24) is 19.8 Å². The summed E-state index contributed by atoms with van der Waals surface area (Å²) in [5.41, 5.74) is 1.44. The maximum Gasteiger partial charge on any atom is 0.243 e. The molecule has 7 nitrogen and oxygen atoms in total. The number of nitrogens with zero attached hydrogens (tertiary/aromatic N) is 3. The standard InChI is InChI=1S/C22H30FN5O2S/c1-3-24-22(25-16-18-7-6-9-20(23)15-18)26-17-19-8-4-5-10-21(19)31(29,30)28-13-11-27(2)12-14-28/h4-10,15H,3,11-14,16-17H2,1-2H3,(H2,24,25,26). The number of sulfonamides is 1. The van der Waals surface area contributed by atoms with E-state index < -0.39 is 10.0 Å². The van der Waals surface area contributed by atoms with E-state index in [1.807, 2.05) is 32.2 Å². The molecule has 0 amide bonds. The Balaban J connectivity index is 1.73. The lowest BCUT2D eigenvalue weighted by molar-refractivity contribution is 0.222. The summed E-state index contributed by atoms with van der Waals surface area (Å²) >= 11 is 0. The summed E-state index contributed by atoms with van der Waals surface area (Å²) in [6.45, 7) is 5.62. The molecule has 2 aromatic rings. The minimum Gasteiger partial charge on any atom is -0.357 e. The van der Waals surface area contributed by atoms with Gasteiger partial charge < -0.3 is 15.5 Å². The maximum absolute atomic E-state index is 13.4. The van der Waals surface area contributed by atoms with Crippen LogP contribution < -0.4 is 10.6 Å². The van der Waals surface area contributed by atoms with Gasteiger partial charge in [-0.3, -0.25) is 0 Å². The molecule has 1 fully saturated rings. The second kappa shape index (κ2) is 10.7. The van der Waals surface area contributed by atoms with E-state index in [-0.39, 0.29) is 5.82 Å². The molecule has 31 heavy (non-hydrogen) atoms. The molecule has 9 heteroatoms. The number of likely N-dealkylation sites (N-methyl/N-ethyl adjacent to an activating group) is 1. The van der Waals surface area contributed by atoms with Crippen LogP contribution in [0.25, 0.3) is 0 Å². The average Bonchev–Trinajstić information content (AvgIpc) is 2.76. The third kappa shape index (κ3) is 6.25. The fourth-order valence-corrected chi connectivity index (χ4v) is 5.04. The van der Waals surface area contributed by atoms with Crippen LogP contribution in [0.5, 0.6) is 0 Å². The van der Waals surface area contributed by atoms with Gasteiger partial charge in [0, 0.05) is 39.3 Å². The summed E-state index contributed by atoms with van der Waals surface area (Å²) in [4.78, 5) is 6.93. The predicted molar refractivity (Wildman–Crippen MR) is 121 cm³/mol. The van der Waals surface area contributed by atoms with Gasteiger partial charge in [0.2, 0.25) is 10.0 Å². The highest BCUT2D eigenvalue weighted by Crippen LogP contribution is 2.21. The molecule has 1 aliphatic rings. The normalized spacial score (nSPS) is 16.3. The number of guanidine groups is 1. The van der Waals surface area contributed by atoms with Gasteiger partial charge in [-0.05, 0) is 43.3 Å². The van der Waals surface area contributed by atoms with Gasteiger partial charge in [-0.25, -0.2) is 17.8 Å². The summed E-state index contributed by atoms with van der Waals surface area (Å²) in [6, 6.07) is 13.4. The largest absolute Gasteiger partial charge is 0.357 e. The minimum absolute atomic E-state index is 0.297. The van der Waals surface area contributed by atoms with Crippen molar-refractivity contribution in [2.75, 3.05) is 39.8 Å². The quantitative estimate of drug-likeness (QED) is 0.502. The van der Waals surface area contributed by atoms with E-state index in [1.165, 1.54) is 12.1 Å². The van der Waals surface area contributed by atoms with E-state index in [0.29, 0.717) is 49.1 Å². The molecule has 0 spiro atoms. The third-order valence-electron chi connectivity index (χ3n) is 5.15. The first-order valence-electron chi connectivity index (χ1n) is 10.4. The number of piperazine rings is 1. The molecule has 0 aromatic heterocycles. The van der Waals surface area contributed by atoms with Gasteiger partial charge >= 0.3 is 0 Å². The smallest absolute Gasteiger partial charge is 0.243 e. The molecule has 0 radical (unpaired) electrons. The first-order valence-corrected chi connectivity index (χ1v) is 11.9. The lowest BCUT2D eigenvalue weighted by Gasteiger charge is -2.32. The van der Waals surface area contributed by atoms with E-state index in [2.05, 4.69) is 20.5 Å². The molecule has 1 aliphatic heterocycles. The molecule has 168 valence electrons. The lowest BCUT2D eigenvalue weighted by Crippen LogP contribution is -2.47. The number of rotatable bonds is 7. The highest BCUT2D eigenvalue weighted by molar-refractivity contribution is 7.89. The second-order valence-electron chi connectivity index (χ2n) is 7.49. The van der Waals surface area contributed by atoms with Crippen molar-refractivity contribution >= 4 is 16.0 Å². The van der Waals surface area contributed by atoms with Crippen LogP contribution in [0.3, 0.4) is 0 Å². The van der Waals surface area contributed by atoms with Crippen molar-refractivity contribution in [2.45, 2.75) is 24.9 Å². The topological polar surface area (TPSA) is 77.0 Å². The van der Waals surface area contributed by atoms with E-state index in [1.54, 1.807) is 22.5 Å². The van der Waals surface area contributed by atoms with Gasteiger partial charge in [0.05, 0.1) is 11.4 Å². The van der Waals surface area contributed by atoms with E-state index in [9.17, 15) is 12.8 Å². The zero-order valence-electron chi connectivity index (χ0n) is 18.0. The number of hydrogen-bond donors (Lipinski definition) is 2. The van der Waals surface area contributed by atoms with Crippen molar-refractivity contribution in [1.29, 1.82) is 0 Å². The van der Waals surface area contributed by atoms with Crippen molar-refractivity contribution in [3.05, 3.63) is 65.5 Å². The molecule has 3 rings (SSSR count). The Morgan fingerprint density at radius 1 is 1.06 bits per heavy atom. The van der Waals surface area contributed by atoms with Gasteiger partial charge in [-0.15, -0.1) is 0 Å². The Bertz CT molecular complexity index is 1000. The van der Waals surface area contributed by atoms with E-state index in [4.69, 9.17) is 0 Å². The van der Waals surface area contributed by atoms with Gasteiger partial charge in [-0.2, -0.15) is 4.31 Å². The fourth-order valence-electron chi connectivity index (χ4n) is 3.40. The molecule has 0 saturated carbocycles. The minimum atomic E-state index is -3.57. The fraction of sp³-hybridized carbons (Fsp3) is 0.409. The van der Waals surface area contributed by atoms with Crippen molar-refractivity contribution in [2.24, 2.45) is 4.99 Å². The van der Waals surface area contributed by atoms with E-state index in [0.717, 1.165) is 18.7 Å². The number of nitrogens with one attached hydrogen (secondary N) is 2. The maximum atomic E-state index is 13.4. The number of halogens is 1. The highest BCUT2D eigenvalue weighted by Gasteiger charge is 2.29. The summed E-state index contributed by atoms with van der Waals surface area (Å²) in [6.07, 6.45) is 0. The highest BCUT2D eigenvalue weighted by atomic mass is 32.2. The molecule has 1 heterocycles. The third-order valence-corrected chi connectivity index (χ3v) is 7.15. The van der Waals surface area contributed by atoms with Crippen molar-refractivity contribution in [3.63, 3.8) is 0 Å². The summed E-state index contributed by atoms with van der Waals surface area (Å²) in [5.74, 6) is 0.243. The molecule has 0 bridgehead atoms. The molecule has 0 unspecified atom stereocenters. The average molecular weight is 448 g/mol. The van der Waals surface area contributed by atoms with E-state index >= 15 is 0 Å². The van der Waals surface area contributed by atoms with Crippen LogP contribution in [0.1, 0.15) is 18.1 Å². The Labute approximate surface area is 184 Å². The van der Waals surface area contributed by atoms with Gasteiger partial charge in [0.25, 0.3) is 0 Å². The summed E-state index contributed by atoms with van der Waals surface area (Å²) in [7, 11) is -1.58. The number of aliphatic imine (C=N–C) groups is 1. The van der Waals surface area contributed by atoms with Crippen LogP contribution in [0.15, 0.2) is 58.4 Å². The second-order valence-corrected chi connectivity index (χ2v) is 9.40. The zero-order chi connectivity index (χ0) is 22.3. The molecule has 2 N–H and O–H groups in total. The van der Waals surface area contributed by atoms with Crippen molar-refractivity contribution < 1.29 is 12.8 Å². The molecule has 1 saturated heterocycles. The number of benzene rings is 2. The number of hydrogen-bond acceptors (Lipinski definition) is 4. The Kier molecular flexibility index (Phi) is 8.00. The van der Waals surface area contributed by atoms with Gasteiger partial charge in [0.1, 0.15) is 5.82 Å². The molecule has 0 aliphatic carbocycles. The first kappa shape index (κ1) is 23.2. The lowest BCUT2D eigenvalue weighted by atomic mass is 10.2. The molecular formula is C22H30FN5O2S. The van der Waals surface area contributed by atoms with Gasteiger partial charge in [-0.1, -0.05) is 30.3 Å². The van der Waals surface area contributed by atoms with Crippen LogP contribution >= 0.6 is 0 Å². The van der Waals surface area contributed by atoms with Crippen LogP contribution in [0, 0.1) is 5.82 Å². The first-order chi connectivity index (χ1) is 14.9. The van der Waals surface area contributed by atoms with Crippen LogP contribution in [0.2, 0.25) is 0 Å². The monoisotopic (exact) mass is 447 g/mol. The Morgan fingerprint density at radius 3 is 2.52 bits per heavy atom. The van der Waals surface area contributed by atoms with Crippen LogP contribution in [-0.4, -0.2) is 63.4 Å². The molecular weight excluding hydrogens is 417 g/mol. The molecule has 0 atom stereocenters. The zero-order valence-corrected chi connectivity index (χ0v) is 18.8. The Hall–Kier alpha value is -2.49. The summed E-state index contributed by atoms with van der Waals surface area (Å²) in [5, 5.41) is 6.34. The van der Waals surface area contributed by atoms with Gasteiger partial charge in [0.15, 0.2) is 5.96 Å². The predicted octanol–water partition coefficient (Wildman–Crippen LogP) is 2.02. The SMILES string of the molecule is CCNC(=NCc1cccc(F)c1)NCc1ccccc1S(=O)(=O)N1CCN(C)CC1. The Morgan fingerprint density at radius 2 is 1.81 bits per heavy atom. The van der Waals surface area contributed by atoms with Crippen LogP contribution in [-0.2, 0) is 23.1 Å². The van der Waals surface area contributed by atoms with Crippen LogP contribution in [0.4, 0.5) is 4.39 Å². The molecule has 2 aromatic carbocycles. The van der Waals surface area contributed by atoms with Crippen molar-refractivity contribution in [3.8, 4) is 0 Å². The summed E-state index contributed by atoms with van der Waals surface area (Å²) < 4.78 is 41.4.